The van der Waals surface area contributed by atoms with E-state index in [4.69, 9.17) is 17.0 Å². The van der Waals surface area contributed by atoms with Crippen LogP contribution in [0.3, 0.4) is 0 Å². The second kappa shape index (κ2) is 9.91. The van der Waals surface area contributed by atoms with Crippen LogP contribution in [0.5, 0.6) is 0 Å². The molecule has 0 aliphatic rings. The van der Waals surface area contributed by atoms with Crippen molar-refractivity contribution in [3.8, 4) is 0 Å². The van der Waals surface area contributed by atoms with Gasteiger partial charge in [-0.15, -0.1) is 0 Å². The van der Waals surface area contributed by atoms with Gasteiger partial charge in [-0.25, -0.2) is 0 Å². The van der Waals surface area contributed by atoms with E-state index in [9.17, 15) is 0 Å². The van der Waals surface area contributed by atoms with Crippen molar-refractivity contribution < 1.29 is 42.2 Å². The summed E-state index contributed by atoms with van der Waals surface area (Å²) in [6.07, 6.45) is 1.59. The molecule has 0 unspecified atom stereocenters. The fourth-order valence-corrected chi connectivity index (χ4v) is 1.72. The maximum atomic E-state index is 5.56. The van der Waals surface area contributed by atoms with Gasteiger partial charge in [-0.3, -0.25) is 0 Å². The van der Waals surface area contributed by atoms with Crippen LogP contribution in [0.4, 0.5) is 0 Å². The Labute approximate surface area is 108 Å². The van der Waals surface area contributed by atoms with Crippen LogP contribution in [0.25, 0.3) is 0 Å². The summed E-state index contributed by atoms with van der Waals surface area (Å²) < 4.78 is 21.8. The molecule has 5 heteroatoms. The van der Waals surface area contributed by atoms with Crippen molar-refractivity contribution in [2.75, 3.05) is 26.4 Å². The van der Waals surface area contributed by atoms with Gasteiger partial charge in [-0.2, -0.15) is 0 Å². The van der Waals surface area contributed by atoms with Gasteiger partial charge in [0.2, 0.25) is 0 Å². The monoisotopic (exact) mass is 295 g/mol. The zero-order valence-corrected chi connectivity index (χ0v) is 12.3. The summed E-state index contributed by atoms with van der Waals surface area (Å²) in [6, 6.07) is 0. The minimum atomic E-state index is -0.868. The van der Waals surface area contributed by atoms with E-state index >= 15 is 0 Å². The third kappa shape index (κ3) is 6.80. The van der Waals surface area contributed by atoms with Crippen LogP contribution < -0.4 is 0 Å². The molecule has 15 heavy (non-hydrogen) atoms. The summed E-state index contributed by atoms with van der Waals surface area (Å²) in [5.41, 5.74) is 0. The first-order valence-corrected chi connectivity index (χ1v) is 6.45. The van der Waals surface area contributed by atoms with Crippen molar-refractivity contribution in [2.24, 2.45) is 0 Å². The molecule has 4 nitrogen and oxygen atoms in total. The fraction of sp³-hybridized carbons (Fsp3) is 1.00. The first-order chi connectivity index (χ1) is 7.24. The predicted molar refractivity (Wildman–Crippen MR) is 52.8 cm³/mol. The SMILES string of the molecule is CCOC(CCC[O][Zr])(OCC)OCC. The topological polar surface area (TPSA) is 36.9 Å². The Balaban J connectivity index is 4.18. The van der Waals surface area contributed by atoms with Crippen LogP contribution in [-0.4, -0.2) is 32.4 Å². The van der Waals surface area contributed by atoms with Gasteiger partial charge in [0.1, 0.15) is 0 Å². The molecule has 0 aromatic carbocycles. The second-order valence-corrected chi connectivity index (χ2v) is 3.64. The number of ether oxygens (including phenoxy) is 3. The summed E-state index contributed by atoms with van der Waals surface area (Å²) in [5, 5.41) is 0. The van der Waals surface area contributed by atoms with E-state index < -0.39 is 5.97 Å². The van der Waals surface area contributed by atoms with Crippen molar-refractivity contribution in [1.29, 1.82) is 0 Å². The Hall–Kier alpha value is 0.723. The van der Waals surface area contributed by atoms with E-state index in [1.54, 1.807) is 0 Å². The molecule has 0 bridgehead atoms. The van der Waals surface area contributed by atoms with Gasteiger partial charge in [-0.1, -0.05) is 0 Å². The van der Waals surface area contributed by atoms with Crippen LogP contribution in [0.1, 0.15) is 33.6 Å². The van der Waals surface area contributed by atoms with E-state index in [-0.39, 0.29) is 0 Å². The Morgan fingerprint density at radius 3 is 1.73 bits per heavy atom. The molecule has 0 heterocycles. The second-order valence-electron chi connectivity index (χ2n) is 2.93. The van der Waals surface area contributed by atoms with Crippen LogP contribution in [-0.2, 0) is 42.2 Å². The molecule has 0 radical (unpaired) electrons. The Kier molecular flexibility index (Phi) is 10.4. The van der Waals surface area contributed by atoms with Gasteiger partial charge in [0.15, 0.2) is 0 Å². The molecule has 0 aliphatic carbocycles. The van der Waals surface area contributed by atoms with E-state index in [0.717, 1.165) is 38.2 Å². The molecular formula is C10H21O4Zr. The van der Waals surface area contributed by atoms with E-state index in [2.05, 4.69) is 0 Å². The zero-order valence-electron chi connectivity index (χ0n) is 9.88. The molecule has 0 amide bonds. The standard InChI is InChI=1S/C10H21O4.Zr/c1-4-12-10(13-5-2,14-6-3)8-7-9-11;/h4-9H2,1-3H3;/q-1;+1. The third-order valence-electron chi connectivity index (χ3n) is 1.82. The van der Waals surface area contributed by atoms with Gasteiger partial charge in [0.25, 0.3) is 0 Å². The van der Waals surface area contributed by atoms with Crippen molar-refractivity contribution >= 4 is 0 Å². The molecule has 0 fully saturated rings. The molecule has 0 saturated carbocycles. The molecule has 0 rings (SSSR count). The van der Waals surface area contributed by atoms with E-state index in [1.807, 2.05) is 20.8 Å². The average molecular weight is 296 g/mol. The van der Waals surface area contributed by atoms with Gasteiger partial charge in [-0.05, 0) is 0 Å². The van der Waals surface area contributed by atoms with Gasteiger partial charge in [0, 0.05) is 0 Å². The molecule has 0 aromatic rings. The Bertz CT molecular complexity index is 126. The summed E-state index contributed by atoms with van der Waals surface area (Å²) in [5.74, 6) is -0.868. The Morgan fingerprint density at radius 1 is 0.933 bits per heavy atom. The van der Waals surface area contributed by atoms with Gasteiger partial charge >= 0.3 is 108 Å². The molecule has 0 atom stereocenters. The van der Waals surface area contributed by atoms with Crippen LogP contribution in [0, 0.1) is 0 Å². The number of rotatable bonds is 10. The van der Waals surface area contributed by atoms with E-state index in [1.165, 1.54) is 0 Å². The summed E-state index contributed by atoms with van der Waals surface area (Å²) in [6.45, 7) is 8.29. The quantitative estimate of drug-likeness (QED) is 0.456. The normalized spacial score (nSPS) is 11.9. The molecule has 89 valence electrons. The van der Waals surface area contributed by atoms with Crippen LogP contribution >= 0.6 is 0 Å². The van der Waals surface area contributed by atoms with E-state index in [0.29, 0.717) is 26.2 Å². The van der Waals surface area contributed by atoms with Crippen molar-refractivity contribution in [2.45, 2.75) is 39.6 Å². The predicted octanol–water partition coefficient (Wildman–Crippen LogP) is 2.01. The summed E-state index contributed by atoms with van der Waals surface area (Å²) in [4.78, 5) is 0. The van der Waals surface area contributed by atoms with Crippen LogP contribution in [0.15, 0.2) is 0 Å². The van der Waals surface area contributed by atoms with Crippen molar-refractivity contribution in [1.82, 2.24) is 0 Å². The average Bonchev–Trinajstić information content (AvgIpc) is 2.19. The van der Waals surface area contributed by atoms with Gasteiger partial charge < -0.3 is 0 Å². The first-order valence-electron chi connectivity index (χ1n) is 5.45. The zero-order chi connectivity index (χ0) is 11.6. The molecule has 0 saturated heterocycles. The van der Waals surface area contributed by atoms with Gasteiger partial charge in [0.05, 0.1) is 0 Å². The summed E-state index contributed by atoms with van der Waals surface area (Å²) in [7, 11) is 0. The minimum absolute atomic E-state index is 0.582. The van der Waals surface area contributed by atoms with Crippen molar-refractivity contribution in [3.05, 3.63) is 0 Å². The molecular weight excluding hydrogens is 275 g/mol. The third-order valence-corrected chi connectivity index (χ3v) is 2.32. The number of hydrogen-bond donors (Lipinski definition) is 0. The summed E-state index contributed by atoms with van der Waals surface area (Å²) >= 11 is 1.10. The molecule has 0 aromatic heterocycles. The first kappa shape index (κ1) is 15.7. The maximum absolute atomic E-state index is 5.56. The molecule has 0 N–H and O–H groups in total. The fourth-order valence-electron chi connectivity index (χ4n) is 1.36. The van der Waals surface area contributed by atoms with Crippen molar-refractivity contribution in [3.63, 3.8) is 0 Å². The molecule has 0 spiro atoms. The van der Waals surface area contributed by atoms with Crippen LogP contribution in [0.2, 0.25) is 0 Å². The molecule has 0 aliphatic heterocycles. The number of hydrogen-bond acceptors (Lipinski definition) is 4. The Morgan fingerprint density at radius 2 is 1.40 bits per heavy atom.